The molecule has 0 spiro atoms. The number of anilines is 1. The van der Waals surface area contributed by atoms with Gasteiger partial charge in [-0.25, -0.2) is 22.3 Å². The molecule has 6 nitrogen and oxygen atoms in total. The number of ketones is 1. The minimum Gasteiger partial charge on any atom is -0.300 e. The number of hydrogen-bond acceptors (Lipinski definition) is 4. The van der Waals surface area contributed by atoms with Crippen LogP contribution < -0.4 is 10.0 Å². The topological polar surface area (TPSA) is 97.5 Å². The third-order valence-electron chi connectivity index (χ3n) is 3.53. The number of hydrogen-bond donors (Lipinski definition) is 1. The number of nitrogens with two attached hydrogens (primary N) is 1. The lowest BCUT2D eigenvalue weighted by Gasteiger charge is -2.17. The fraction of sp³-hybridized carbons (Fsp3) is 0.0667. The zero-order chi connectivity index (χ0) is 17.6. The van der Waals surface area contributed by atoms with Crippen molar-refractivity contribution in [2.45, 2.75) is 11.4 Å². The summed E-state index contributed by atoms with van der Waals surface area (Å²) < 4.78 is 49.2. The van der Waals surface area contributed by atoms with Crippen LogP contribution in [-0.2, 0) is 21.4 Å². The summed E-state index contributed by atoms with van der Waals surface area (Å²) in [4.78, 5) is 24.9. The Morgan fingerprint density at radius 3 is 2.21 bits per heavy atom. The first-order chi connectivity index (χ1) is 11.2. The second-order valence-electron chi connectivity index (χ2n) is 5.22. The zero-order valence-electron chi connectivity index (χ0n) is 12.0. The van der Waals surface area contributed by atoms with Crippen molar-refractivity contribution in [2.24, 2.45) is 5.14 Å². The monoisotopic (exact) mass is 352 g/mol. The maximum Gasteiger partial charge on any atom is 0.299 e. The van der Waals surface area contributed by atoms with E-state index in [-0.39, 0.29) is 28.3 Å². The number of rotatable bonds is 3. The number of carbonyl (C=O) groups excluding carboxylic acids is 2. The Hall–Kier alpha value is -2.65. The normalized spacial score (nSPS) is 14.2. The summed E-state index contributed by atoms with van der Waals surface area (Å²) in [5, 5.41) is 5.00. The molecule has 0 bridgehead atoms. The van der Waals surface area contributed by atoms with Crippen molar-refractivity contribution in [1.82, 2.24) is 0 Å². The fourth-order valence-corrected chi connectivity index (χ4v) is 3.04. The SMILES string of the molecule is NS(=O)(=O)c1ccc2c(c1)C(=O)C(=O)N2Cc1cc(F)cc(F)c1. The van der Waals surface area contributed by atoms with E-state index in [9.17, 15) is 26.8 Å². The van der Waals surface area contributed by atoms with Crippen molar-refractivity contribution in [3.05, 3.63) is 59.2 Å². The molecule has 1 aliphatic heterocycles. The molecular weight excluding hydrogens is 342 g/mol. The molecular formula is C15H10F2N2O4S. The molecule has 0 atom stereocenters. The molecule has 0 radical (unpaired) electrons. The van der Waals surface area contributed by atoms with Crippen LogP contribution in [0.5, 0.6) is 0 Å². The summed E-state index contributed by atoms with van der Waals surface area (Å²) in [6, 6.07) is 6.19. The van der Waals surface area contributed by atoms with E-state index in [2.05, 4.69) is 0 Å². The number of halogens is 2. The second kappa shape index (κ2) is 5.46. The van der Waals surface area contributed by atoms with Gasteiger partial charge in [-0.3, -0.25) is 9.59 Å². The molecule has 0 aliphatic carbocycles. The van der Waals surface area contributed by atoms with E-state index in [1.165, 1.54) is 6.07 Å². The number of sulfonamides is 1. The average molecular weight is 352 g/mol. The highest BCUT2D eigenvalue weighted by atomic mass is 32.2. The Bertz CT molecular complexity index is 969. The lowest BCUT2D eigenvalue weighted by molar-refractivity contribution is -0.114. The fourth-order valence-electron chi connectivity index (χ4n) is 2.50. The van der Waals surface area contributed by atoms with Crippen LogP contribution in [0.25, 0.3) is 0 Å². The number of carbonyl (C=O) groups is 2. The Morgan fingerprint density at radius 2 is 1.62 bits per heavy atom. The number of fused-ring (bicyclic) bond motifs is 1. The van der Waals surface area contributed by atoms with Crippen molar-refractivity contribution in [1.29, 1.82) is 0 Å². The van der Waals surface area contributed by atoms with Gasteiger partial charge in [-0.15, -0.1) is 0 Å². The van der Waals surface area contributed by atoms with Crippen molar-refractivity contribution in [3.63, 3.8) is 0 Å². The smallest absolute Gasteiger partial charge is 0.299 e. The van der Waals surface area contributed by atoms with Gasteiger partial charge >= 0.3 is 0 Å². The zero-order valence-corrected chi connectivity index (χ0v) is 12.8. The molecule has 0 fully saturated rings. The predicted octanol–water partition coefficient (Wildman–Crippen LogP) is 1.34. The second-order valence-corrected chi connectivity index (χ2v) is 6.78. The van der Waals surface area contributed by atoms with Gasteiger partial charge in [0.05, 0.1) is 22.7 Å². The van der Waals surface area contributed by atoms with Crippen LogP contribution in [0.1, 0.15) is 15.9 Å². The van der Waals surface area contributed by atoms with Gasteiger partial charge in [0.1, 0.15) is 11.6 Å². The van der Waals surface area contributed by atoms with Gasteiger partial charge < -0.3 is 4.90 Å². The predicted molar refractivity (Wildman–Crippen MR) is 79.7 cm³/mol. The Balaban J connectivity index is 2.03. The third kappa shape index (κ3) is 2.79. The summed E-state index contributed by atoms with van der Waals surface area (Å²) >= 11 is 0. The molecule has 2 N–H and O–H groups in total. The average Bonchev–Trinajstić information content (AvgIpc) is 2.70. The van der Waals surface area contributed by atoms with Crippen molar-refractivity contribution >= 4 is 27.4 Å². The van der Waals surface area contributed by atoms with Gasteiger partial charge in [-0.05, 0) is 35.9 Å². The maximum absolute atomic E-state index is 13.3. The van der Waals surface area contributed by atoms with Crippen LogP contribution in [0, 0.1) is 11.6 Å². The van der Waals surface area contributed by atoms with E-state index in [1.54, 1.807) is 0 Å². The van der Waals surface area contributed by atoms with E-state index in [4.69, 9.17) is 5.14 Å². The van der Waals surface area contributed by atoms with Crippen LogP contribution in [-0.4, -0.2) is 20.1 Å². The van der Waals surface area contributed by atoms with Crippen LogP contribution in [0.15, 0.2) is 41.3 Å². The van der Waals surface area contributed by atoms with Crippen LogP contribution in [0.3, 0.4) is 0 Å². The molecule has 3 rings (SSSR count). The molecule has 1 aliphatic rings. The Morgan fingerprint density at radius 1 is 1.00 bits per heavy atom. The summed E-state index contributed by atoms with van der Waals surface area (Å²) in [6.45, 7) is -0.235. The standard InChI is InChI=1S/C15H10F2N2O4S/c16-9-3-8(4-10(17)5-9)7-19-13-2-1-11(24(18,22)23)6-12(13)14(20)15(19)21/h1-6H,7H2,(H2,18,22,23). The summed E-state index contributed by atoms with van der Waals surface area (Å²) in [5.74, 6) is -3.45. The molecule has 124 valence electrons. The van der Waals surface area contributed by atoms with Gasteiger partial charge in [-0.2, -0.15) is 0 Å². The number of Topliss-reactive ketones (excluding diaryl/α,β-unsaturated/α-hetero) is 1. The molecule has 24 heavy (non-hydrogen) atoms. The highest BCUT2D eigenvalue weighted by molar-refractivity contribution is 7.89. The van der Waals surface area contributed by atoms with E-state index in [0.717, 1.165) is 29.2 Å². The van der Waals surface area contributed by atoms with Crippen LogP contribution in [0.2, 0.25) is 0 Å². The number of primary sulfonamides is 1. The maximum atomic E-state index is 13.3. The molecule has 0 saturated heterocycles. The Kier molecular flexibility index (Phi) is 3.69. The van der Waals surface area contributed by atoms with Crippen LogP contribution >= 0.6 is 0 Å². The van der Waals surface area contributed by atoms with Crippen molar-refractivity contribution in [2.75, 3.05) is 4.90 Å². The highest BCUT2D eigenvalue weighted by Crippen LogP contribution is 2.32. The quantitative estimate of drug-likeness (QED) is 0.843. The third-order valence-corrected chi connectivity index (χ3v) is 4.45. The molecule has 2 aromatic rings. The number of nitrogens with zero attached hydrogens (tertiary/aromatic N) is 1. The van der Waals surface area contributed by atoms with E-state index in [1.807, 2.05) is 0 Å². The summed E-state index contributed by atoms with van der Waals surface area (Å²) in [5.41, 5.74) is 0.183. The van der Waals surface area contributed by atoms with E-state index >= 15 is 0 Å². The first-order valence-electron chi connectivity index (χ1n) is 6.65. The van der Waals surface area contributed by atoms with Gasteiger partial charge in [0.15, 0.2) is 0 Å². The molecule has 0 unspecified atom stereocenters. The number of amides is 1. The minimum atomic E-state index is -4.03. The van der Waals surface area contributed by atoms with Gasteiger partial charge in [0.25, 0.3) is 11.7 Å². The first kappa shape index (κ1) is 16.2. The van der Waals surface area contributed by atoms with E-state index in [0.29, 0.717) is 6.07 Å². The van der Waals surface area contributed by atoms with Gasteiger partial charge in [0, 0.05) is 6.07 Å². The minimum absolute atomic E-state index is 0.122. The molecule has 9 heteroatoms. The van der Waals surface area contributed by atoms with Gasteiger partial charge in [0.2, 0.25) is 10.0 Å². The highest BCUT2D eigenvalue weighted by Gasteiger charge is 2.36. The molecule has 1 amide bonds. The Labute approximate surface area is 135 Å². The summed E-state index contributed by atoms with van der Waals surface area (Å²) in [7, 11) is -4.03. The molecule has 1 heterocycles. The van der Waals surface area contributed by atoms with Gasteiger partial charge in [-0.1, -0.05) is 0 Å². The van der Waals surface area contributed by atoms with Crippen molar-refractivity contribution in [3.8, 4) is 0 Å². The lowest BCUT2D eigenvalue weighted by atomic mass is 10.1. The van der Waals surface area contributed by atoms with Crippen LogP contribution in [0.4, 0.5) is 14.5 Å². The largest absolute Gasteiger partial charge is 0.300 e. The lowest BCUT2D eigenvalue weighted by Crippen LogP contribution is -2.29. The molecule has 0 aromatic heterocycles. The van der Waals surface area contributed by atoms with E-state index < -0.39 is 33.3 Å². The van der Waals surface area contributed by atoms with Crippen molar-refractivity contribution < 1.29 is 26.8 Å². The summed E-state index contributed by atoms with van der Waals surface area (Å²) in [6.07, 6.45) is 0. The molecule has 2 aromatic carbocycles. The molecule has 0 saturated carbocycles. The first-order valence-corrected chi connectivity index (χ1v) is 8.19. The number of benzene rings is 2.